The monoisotopic (exact) mass is 926 g/mol. The summed E-state index contributed by atoms with van der Waals surface area (Å²) in [6.07, 6.45) is -19.2. The zero-order valence-corrected chi connectivity index (χ0v) is 27.7. The highest BCUT2D eigenvalue weighted by Gasteiger charge is 2.75. The minimum atomic E-state index is -6.61. The number of hydrogen-bond acceptors (Lipinski definition) is 9. The van der Waals surface area contributed by atoms with Gasteiger partial charge in [-0.05, 0) is 6.42 Å². The molecule has 0 aliphatic heterocycles. The highest BCUT2D eigenvalue weighted by molar-refractivity contribution is 7.86. The van der Waals surface area contributed by atoms with Crippen LogP contribution in [0.5, 0.6) is 0 Å². The molecule has 0 saturated heterocycles. The fourth-order valence-electron chi connectivity index (χ4n) is 2.07. The third kappa shape index (κ3) is 17.9. The fourth-order valence-corrected chi connectivity index (χ4v) is 3.99. The standard InChI is InChI=1S/C6H14O3.3C4H3F7O3S/c1-2-6(3-7,4-8)5-9;3*5-2(6,1-15(12,13)14)3(7,8)4(9,10)11/h7-9H,2-5H2,1H3;3*1H2,(H,12,13,14). The summed E-state index contributed by atoms with van der Waals surface area (Å²) >= 11 is 0. The van der Waals surface area contributed by atoms with Crippen molar-refractivity contribution >= 4 is 30.4 Å². The minimum Gasteiger partial charge on any atom is -0.396 e. The lowest BCUT2D eigenvalue weighted by Crippen LogP contribution is -2.55. The van der Waals surface area contributed by atoms with Gasteiger partial charge >= 0.3 is 54.1 Å². The molecular formula is C18H23F21O12S3. The van der Waals surface area contributed by atoms with Crippen LogP contribution in [0.25, 0.3) is 0 Å². The molecule has 0 saturated carbocycles. The molecule has 332 valence electrons. The molecule has 54 heavy (non-hydrogen) atoms. The largest absolute Gasteiger partial charge is 0.459 e. The summed E-state index contributed by atoms with van der Waals surface area (Å²) in [5.74, 6) is -46.4. The van der Waals surface area contributed by atoms with Gasteiger partial charge < -0.3 is 15.3 Å². The molecular weight excluding hydrogens is 903 g/mol. The van der Waals surface area contributed by atoms with Gasteiger partial charge in [-0.15, -0.1) is 0 Å². The van der Waals surface area contributed by atoms with Gasteiger partial charge in [0.2, 0.25) is 0 Å². The van der Waals surface area contributed by atoms with Crippen molar-refractivity contribution in [1.82, 2.24) is 0 Å². The molecule has 0 spiro atoms. The Labute approximate surface area is 287 Å². The lowest BCUT2D eigenvalue weighted by molar-refractivity contribution is -0.348. The quantitative estimate of drug-likeness (QED) is 0.111. The maximum Gasteiger partial charge on any atom is 0.459 e. The van der Waals surface area contributed by atoms with Crippen LogP contribution in [0.4, 0.5) is 92.2 Å². The van der Waals surface area contributed by atoms with Gasteiger partial charge in [0.1, 0.15) is 17.3 Å². The lowest BCUT2D eigenvalue weighted by atomic mass is 9.88. The number of halogens is 21. The first-order valence-electron chi connectivity index (χ1n) is 12.0. The second kappa shape index (κ2) is 18.6. The molecule has 0 aromatic rings. The van der Waals surface area contributed by atoms with Crippen molar-refractivity contribution < 1.29 is 146 Å². The molecule has 0 unspecified atom stereocenters. The van der Waals surface area contributed by atoms with Gasteiger partial charge in [0.05, 0.1) is 19.8 Å². The number of aliphatic hydroxyl groups excluding tert-OH is 3. The molecule has 36 heteroatoms. The van der Waals surface area contributed by atoms with E-state index in [9.17, 15) is 117 Å². The SMILES string of the molecule is CCC(CO)(CO)CO.O=S(=O)(O)CC(F)(F)C(F)(F)C(F)(F)F.O=S(=O)(O)CC(F)(F)C(F)(F)C(F)(F)F.O=S(=O)(O)CC(F)(F)C(F)(F)C(F)(F)F. The summed E-state index contributed by atoms with van der Waals surface area (Å²) in [6, 6.07) is 0. The van der Waals surface area contributed by atoms with Crippen LogP contribution in [0.2, 0.25) is 0 Å². The second-order valence-corrected chi connectivity index (χ2v) is 14.2. The Balaban J connectivity index is -0.000000314. The Morgan fingerprint density at radius 1 is 0.370 bits per heavy atom. The molecule has 0 amide bonds. The summed E-state index contributed by atoms with van der Waals surface area (Å²) in [5, 5.41) is 26.0. The molecule has 0 atom stereocenters. The van der Waals surface area contributed by atoms with E-state index in [1.54, 1.807) is 0 Å². The van der Waals surface area contributed by atoms with Gasteiger partial charge in [0.15, 0.2) is 0 Å². The average molecular weight is 927 g/mol. The molecule has 0 aliphatic rings. The van der Waals surface area contributed by atoms with Crippen molar-refractivity contribution in [2.75, 3.05) is 37.1 Å². The number of hydrogen-bond donors (Lipinski definition) is 6. The topological polar surface area (TPSA) is 224 Å². The summed E-state index contributed by atoms with van der Waals surface area (Å²) in [4.78, 5) is 0. The lowest BCUT2D eigenvalue weighted by Gasteiger charge is -2.26. The summed E-state index contributed by atoms with van der Waals surface area (Å²) in [7, 11) is -17.0. The Hall–Kier alpha value is -1.86. The maximum absolute atomic E-state index is 12.2. The van der Waals surface area contributed by atoms with E-state index in [0.29, 0.717) is 6.42 Å². The van der Waals surface area contributed by atoms with E-state index in [4.69, 9.17) is 29.0 Å². The smallest absolute Gasteiger partial charge is 0.396 e. The van der Waals surface area contributed by atoms with Crippen LogP contribution in [-0.2, 0) is 30.4 Å². The van der Waals surface area contributed by atoms with Crippen LogP contribution in [0.1, 0.15) is 13.3 Å². The summed E-state index contributed by atoms with van der Waals surface area (Å²) < 4.78 is 330. The van der Waals surface area contributed by atoms with E-state index in [1.165, 1.54) is 0 Å². The number of rotatable bonds is 13. The molecule has 0 heterocycles. The molecule has 0 aliphatic carbocycles. The van der Waals surface area contributed by atoms with Crippen LogP contribution in [0, 0.1) is 5.41 Å². The van der Waals surface area contributed by atoms with Gasteiger partial charge in [-0.2, -0.15) is 117 Å². The predicted molar refractivity (Wildman–Crippen MR) is 131 cm³/mol. The number of alkyl halides is 21. The van der Waals surface area contributed by atoms with E-state index in [-0.39, 0.29) is 19.8 Å². The Morgan fingerprint density at radius 3 is 0.574 bits per heavy atom. The molecule has 12 nitrogen and oxygen atoms in total. The Bertz CT molecular complexity index is 1300. The van der Waals surface area contributed by atoms with E-state index in [0.717, 1.165) is 0 Å². The van der Waals surface area contributed by atoms with E-state index >= 15 is 0 Å². The summed E-state index contributed by atoms with van der Waals surface area (Å²) in [6.45, 7) is 1.35. The Kier molecular flexibility index (Phi) is 20.3. The van der Waals surface area contributed by atoms with Gasteiger partial charge in [0, 0.05) is 5.41 Å². The van der Waals surface area contributed by atoms with Crippen molar-refractivity contribution in [2.45, 2.75) is 67.4 Å². The Morgan fingerprint density at radius 2 is 0.519 bits per heavy atom. The molecule has 0 radical (unpaired) electrons. The normalized spacial score (nSPS) is 14.9. The van der Waals surface area contributed by atoms with Crippen molar-refractivity contribution in [3.05, 3.63) is 0 Å². The first-order chi connectivity index (χ1) is 22.9. The van der Waals surface area contributed by atoms with Gasteiger partial charge in [-0.25, -0.2) is 0 Å². The molecule has 0 aromatic carbocycles. The summed E-state index contributed by atoms with van der Waals surface area (Å²) in [5.41, 5.74) is -0.667. The van der Waals surface area contributed by atoms with Crippen LogP contribution in [0.3, 0.4) is 0 Å². The third-order valence-electron chi connectivity index (χ3n) is 5.29. The molecule has 6 N–H and O–H groups in total. The number of aliphatic hydroxyl groups is 3. The van der Waals surface area contributed by atoms with E-state index in [1.807, 2.05) is 6.92 Å². The first kappa shape index (κ1) is 58.8. The van der Waals surface area contributed by atoms with Crippen LogP contribution < -0.4 is 0 Å². The zero-order chi connectivity index (χ0) is 45.4. The third-order valence-corrected chi connectivity index (χ3v) is 7.48. The minimum absolute atomic E-state index is 0.156. The second-order valence-electron chi connectivity index (χ2n) is 9.84. The molecule has 0 bridgehead atoms. The molecule has 0 fully saturated rings. The van der Waals surface area contributed by atoms with Gasteiger partial charge in [-0.3, -0.25) is 13.7 Å². The highest BCUT2D eigenvalue weighted by atomic mass is 32.2. The average Bonchev–Trinajstić information content (AvgIpc) is 2.85. The zero-order valence-electron chi connectivity index (χ0n) is 25.2. The molecule has 0 rings (SSSR count). The predicted octanol–water partition coefficient (Wildman–Crippen LogP) is 4.48. The van der Waals surface area contributed by atoms with E-state index in [2.05, 4.69) is 0 Å². The van der Waals surface area contributed by atoms with Crippen LogP contribution >= 0.6 is 0 Å². The van der Waals surface area contributed by atoms with Gasteiger partial charge in [0.25, 0.3) is 30.4 Å². The molecule has 0 aromatic heterocycles. The van der Waals surface area contributed by atoms with Gasteiger partial charge in [-0.1, -0.05) is 6.92 Å². The van der Waals surface area contributed by atoms with Crippen molar-refractivity contribution in [3.8, 4) is 0 Å². The highest BCUT2D eigenvalue weighted by Crippen LogP contribution is 2.49. The first-order valence-corrected chi connectivity index (χ1v) is 16.8. The van der Waals surface area contributed by atoms with Crippen molar-refractivity contribution in [2.24, 2.45) is 5.41 Å². The van der Waals surface area contributed by atoms with E-state index < -0.39 is 107 Å². The van der Waals surface area contributed by atoms with Crippen LogP contribution in [-0.4, -0.2) is 145 Å². The van der Waals surface area contributed by atoms with Crippen molar-refractivity contribution in [3.63, 3.8) is 0 Å². The maximum atomic E-state index is 12.2. The van der Waals surface area contributed by atoms with Crippen molar-refractivity contribution in [1.29, 1.82) is 0 Å². The van der Waals surface area contributed by atoms with Crippen LogP contribution in [0.15, 0.2) is 0 Å². The fraction of sp³-hybridized carbons (Fsp3) is 1.00.